The molecule has 0 aromatic heterocycles. The fourth-order valence-corrected chi connectivity index (χ4v) is 4.09. The van der Waals surface area contributed by atoms with Crippen LogP contribution in [0.2, 0.25) is 0 Å². The van der Waals surface area contributed by atoms with Crippen molar-refractivity contribution in [2.75, 3.05) is 31.6 Å². The maximum absolute atomic E-state index is 12.5. The lowest BCUT2D eigenvalue weighted by molar-refractivity contribution is -0.126. The summed E-state index contributed by atoms with van der Waals surface area (Å²) in [4.78, 5) is 29.0. The number of hydrogen-bond donors (Lipinski definition) is 1. The Morgan fingerprint density at radius 2 is 1.96 bits per heavy atom. The van der Waals surface area contributed by atoms with Crippen molar-refractivity contribution in [1.82, 2.24) is 10.2 Å². The average Bonchev–Trinajstić information content (AvgIpc) is 3.12. The fourth-order valence-electron chi connectivity index (χ4n) is 4.09. The molecule has 2 aliphatic rings. The van der Waals surface area contributed by atoms with Gasteiger partial charge in [-0.3, -0.25) is 9.59 Å². The lowest BCUT2D eigenvalue weighted by Gasteiger charge is -2.20. The monoisotopic (exact) mass is 343 g/mol. The van der Waals surface area contributed by atoms with Gasteiger partial charge in [-0.05, 0) is 70.0 Å². The molecular weight excluding hydrogens is 314 g/mol. The van der Waals surface area contributed by atoms with E-state index in [-0.39, 0.29) is 17.7 Å². The number of carbonyl (C=O) groups excluding carboxylic acids is 2. The number of carbonyl (C=O) groups is 2. The van der Waals surface area contributed by atoms with E-state index in [4.69, 9.17) is 0 Å². The number of benzene rings is 1. The van der Waals surface area contributed by atoms with Crippen LogP contribution in [0.4, 0.5) is 5.69 Å². The molecule has 0 spiro atoms. The normalized spacial score (nSPS) is 24.1. The third-order valence-electron chi connectivity index (χ3n) is 5.46. The molecule has 136 valence electrons. The summed E-state index contributed by atoms with van der Waals surface area (Å²) in [6, 6.07) is 6.70. The second-order valence-corrected chi connectivity index (χ2v) is 7.61. The summed E-state index contributed by atoms with van der Waals surface area (Å²) in [5, 5.41) is 3.04. The molecule has 0 bridgehead atoms. The van der Waals surface area contributed by atoms with Gasteiger partial charge in [0.15, 0.2) is 0 Å². The first kappa shape index (κ1) is 17.9. The molecule has 1 N–H and O–H groups in total. The molecule has 5 heteroatoms. The molecule has 2 aliphatic heterocycles. The molecule has 3 rings (SSSR count). The summed E-state index contributed by atoms with van der Waals surface area (Å²) in [5.74, 6) is -0.184. The lowest BCUT2D eigenvalue weighted by Crippen LogP contribution is -2.36. The van der Waals surface area contributed by atoms with Crippen molar-refractivity contribution in [3.63, 3.8) is 0 Å². The van der Waals surface area contributed by atoms with E-state index in [0.717, 1.165) is 29.8 Å². The van der Waals surface area contributed by atoms with E-state index in [2.05, 4.69) is 23.3 Å². The number of amides is 2. The van der Waals surface area contributed by atoms with Crippen molar-refractivity contribution in [1.29, 1.82) is 0 Å². The summed E-state index contributed by atoms with van der Waals surface area (Å²) in [6.45, 7) is 6.39. The summed E-state index contributed by atoms with van der Waals surface area (Å²) in [5.41, 5.74) is 3.18. The summed E-state index contributed by atoms with van der Waals surface area (Å²) < 4.78 is 0. The second kappa shape index (κ2) is 7.56. The van der Waals surface area contributed by atoms with Crippen LogP contribution in [-0.4, -0.2) is 49.4 Å². The molecule has 0 saturated carbocycles. The van der Waals surface area contributed by atoms with Crippen molar-refractivity contribution in [3.05, 3.63) is 29.3 Å². The topological polar surface area (TPSA) is 52.7 Å². The molecule has 25 heavy (non-hydrogen) atoms. The summed E-state index contributed by atoms with van der Waals surface area (Å²) >= 11 is 0. The zero-order valence-corrected chi connectivity index (χ0v) is 15.5. The van der Waals surface area contributed by atoms with Gasteiger partial charge in [-0.1, -0.05) is 6.07 Å². The highest BCUT2D eigenvalue weighted by molar-refractivity contribution is 6.00. The van der Waals surface area contributed by atoms with Gasteiger partial charge in [-0.2, -0.15) is 0 Å². The number of aryl methyl sites for hydroxylation is 2. The molecule has 2 heterocycles. The zero-order valence-electron chi connectivity index (χ0n) is 15.5. The predicted octanol–water partition coefficient (Wildman–Crippen LogP) is 2.26. The molecular formula is C20H29N3O2. The number of nitrogens with zero attached hydrogens (tertiary/aromatic N) is 2. The van der Waals surface area contributed by atoms with Gasteiger partial charge in [-0.25, -0.2) is 0 Å². The maximum atomic E-state index is 12.5. The van der Waals surface area contributed by atoms with Gasteiger partial charge in [0.2, 0.25) is 11.8 Å². The molecule has 2 fully saturated rings. The Balaban J connectivity index is 1.53. The van der Waals surface area contributed by atoms with Crippen molar-refractivity contribution in [2.45, 2.75) is 45.6 Å². The standard InChI is InChI=1S/C20H29N3O2/c1-14-9-15(2)11-18(10-14)23-13-16(12-19(23)24)20(25)21-7-6-17-5-4-8-22(17)3/h9-11,16-17H,4-8,12-13H2,1-3H3,(H,21,25). The Kier molecular flexibility index (Phi) is 5.42. The molecule has 5 nitrogen and oxygen atoms in total. The van der Waals surface area contributed by atoms with Crippen LogP contribution in [0.15, 0.2) is 18.2 Å². The third-order valence-corrected chi connectivity index (χ3v) is 5.46. The van der Waals surface area contributed by atoms with Crippen molar-refractivity contribution < 1.29 is 9.59 Å². The van der Waals surface area contributed by atoms with Gasteiger partial charge >= 0.3 is 0 Å². The van der Waals surface area contributed by atoms with E-state index in [1.807, 2.05) is 26.0 Å². The Bertz CT molecular complexity index is 638. The maximum Gasteiger partial charge on any atom is 0.227 e. The van der Waals surface area contributed by atoms with Gasteiger partial charge in [0.05, 0.1) is 5.92 Å². The predicted molar refractivity (Wildman–Crippen MR) is 99.7 cm³/mol. The number of nitrogens with one attached hydrogen (secondary N) is 1. The summed E-state index contributed by atoms with van der Waals surface area (Å²) in [7, 11) is 2.15. The van der Waals surface area contributed by atoms with Crippen LogP contribution in [-0.2, 0) is 9.59 Å². The van der Waals surface area contributed by atoms with Crippen LogP contribution in [0.5, 0.6) is 0 Å². The van der Waals surface area contributed by atoms with Crippen LogP contribution >= 0.6 is 0 Å². The van der Waals surface area contributed by atoms with E-state index >= 15 is 0 Å². The fraction of sp³-hybridized carbons (Fsp3) is 0.600. The lowest BCUT2D eigenvalue weighted by atomic mass is 10.1. The average molecular weight is 343 g/mol. The highest BCUT2D eigenvalue weighted by Gasteiger charge is 2.35. The molecule has 2 saturated heterocycles. The van der Waals surface area contributed by atoms with Gasteiger partial charge in [0.1, 0.15) is 0 Å². The van der Waals surface area contributed by atoms with Gasteiger partial charge < -0.3 is 15.1 Å². The summed E-state index contributed by atoms with van der Waals surface area (Å²) in [6.07, 6.45) is 3.76. The Morgan fingerprint density at radius 1 is 1.24 bits per heavy atom. The first-order valence-corrected chi connectivity index (χ1v) is 9.30. The highest BCUT2D eigenvalue weighted by Crippen LogP contribution is 2.27. The highest BCUT2D eigenvalue weighted by atomic mass is 16.2. The van der Waals surface area contributed by atoms with E-state index < -0.39 is 0 Å². The SMILES string of the molecule is Cc1cc(C)cc(N2CC(C(=O)NCCC3CCCN3C)CC2=O)c1. The van der Waals surface area contributed by atoms with Gasteiger partial charge in [0.25, 0.3) is 0 Å². The molecule has 2 amide bonds. The minimum Gasteiger partial charge on any atom is -0.356 e. The van der Waals surface area contributed by atoms with Gasteiger partial charge in [0, 0.05) is 31.2 Å². The molecule has 0 radical (unpaired) electrons. The van der Waals surface area contributed by atoms with E-state index in [1.165, 1.54) is 12.8 Å². The molecule has 1 aromatic carbocycles. The minimum atomic E-state index is -0.241. The molecule has 0 aliphatic carbocycles. The molecule has 2 unspecified atom stereocenters. The number of likely N-dealkylation sites (tertiary alicyclic amines) is 1. The molecule has 1 aromatic rings. The minimum absolute atomic E-state index is 0.0147. The number of hydrogen-bond acceptors (Lipinski definition) is 3. The van der Waals surface area contributed by atoms with E-state index in [1.54, 1.807) is 4.90 Å². The Labute approximate surface area is 150 Å². The largest absolute Gasteiger partial charge is 0.356 e. The van der Waals surface area contributed by atoms with E-state index in [0.29, 0.717) is 25.6 Å². The van der Waals surface area contributed by atoms with Crippen LogP contribution < -0.4 is 10.2 Å². The van der Waals surface area contributed by atoms with E-state index in [9.17, 15) is 9.59 Å². The Morgan fingerprint density at radius 3 is 2.60 bits per heavy atom. The number of anilines is 1. The van der Waals surface area contributed by atoms with Crippen LogP contribution in [0.3, 0.4) is 0 Å². The third kappa shape index (κ3) is 4.21. The second-order valence-electron chi connectivity index (χ2n) is 7.61. The molecule has 2 atom stereocenters. The Hall–Kier alpha value is -1.88. The quantitative estimate of drug-likeness (QED) is 0.892. The zero-order chi connectivity index (χ0) is 18.0. The van der Waals surface area contributed by atoms with Crippen LogP contribution in [0, 0.1) is 19.8 Å². The first-order valence-electron chi connectivity index (χ1n) is 9.30. The number of rotatable bonds is 5. The smallest absolute Gasteiger partial charge is 0.227 e. The first-order chi connectivity index (χ1) is 11.9. The van der Waals surface area contributed by atoms with Crippen molar-refractivity contribution in [3.8, 4) is 0 Å². The van der Waals surface area contributed by atoms with Crippen molar-refractivity contribution >= 4 is 17.5 Å². The van der Waals surface area contributed by atoms with Crippen LogP contribution in [0.1, 0.15) is 36.8 Å². The van der Waals surface area contributed by atoms with Crippen LogP contribution in [0.25, 0.3) is 0 Å². The van der Waals surface area contributed by atoms with Crippen molar-refractivity contribution in [2.24, 2.45) is 5.92 Å². The van der Waals surface area contributed by atoms with Gasteiger partial charge in [-0.15, -0.1) is 0 Å².